The highest BCUT2D eigenvalue weighted by molar-refractivity contribution is 5.70. The van der Waals surface area contributed by atoms with Crippen LogP contribution in [0.4, 0.5) is 26.1 Å². The van der Waals surface area contributed by atoms with E-state index in [1.54, 1.807) is 13.0 Å². The van der Waals surface area contributed by atoms with Crippen molar-refractivity contribution in [3.63, 3.8) is 0 Å². The van der Waals surface area contributed by atoms with Gasteiger partial charge in [-0.15, -0.1) is 0 Å². The van der Waals surface area contributed by atoms with Crippen LogP contribution in [-0.4, -0.2) is 34.1 Å². The Morgan fingerprint density at radius 2 is 1.96 bits per heavy atom. The van der Waals surface area contributed by atoms with E-state index in [2.05, 4.69) is 15.3 Å². The van der Waals surface area contributed by atoms with Crippen molar-refractivity contribution < 1.29 is 18.7 Å². The first-order valence-corrected chi connectivity index (χ1v) is 7.98. The van der Waals surface area contributed by atoms with Crippen LogP contribution in [0.5, 0.6) is 0 Å². The fraction of sp³-hybridized carbons (Fsp3) is 0.353. The molecule has 0 bridgehead atoms. The van der Waals surface area contributed by atoms with Crippen LogP contribution in [0.3, 0.4) is 0 Å². The molecule has 0 spiro atoms. The first kappa shape index (κ1) is 17.1. The van der Waals surface area contributed by atoms with Gasteiger partial charge in [-0.3, -0.25) is 4.79 Å². The lowest BCUT2D eigenvalue weighted by atomic mass is 9.97. The van der Waals surface area contributed by atoms with E-state index in [0.717, 1.165) is 12.1 Å². The Hall–Kier alpha value is -2.77. The van der Waals surface area contributed by atoms with E-state index < -0.39 is 17.6 Å². The zero-order valence-corrected chi connectivity index (χ0v) is 13.7. The van der Waals surface area contributed by atoms with Crippen LogP contribution in [-0.2, 0) is 4.79 Å². The van der Waals surface area contributed by atoms with Crippen molar-refractivity contribution in [2.75, 3.05) is 23.3 Å². The summed E-state index contributed by atoms with van der Waals surface area (Å²) in [5.41, 5.74) is 0.120. The summed E-state index contributed by atoms with van der Waals surface area (Å²) in [6.45, 7) is 2.88. The number of carboxylic acid groups (broad SMARTS) is 1. The van der Waals surface area contributed by atoms with Crippen LogP contribution >= 0.6 is 0 Å². The Morgan fingerprint density at radius 1 is 1.24 bits per heavy atom. The SMILES string of the molecule is Cc1nc(Nc2ccc(F)cc2F)cc(N2CCC(C(=O)O)CC2)n1. The molecule has 1 aliphatic heterocycles. The van der Waals surface area contributed by atoms with Crippen molar-refractivity contribution in [3.05, 3.63) is 41.7 Å². The molecule has 0 atom stereocenters. The summed E-state index contributed by atoms with van der Waals surface area (Å²) in [7, 11) is 0. The van der Waals surface area contributed by atoms with Crippen LogP contribution in [0, 0.1) is 24.5 Å². The molecule has 1 saturated heterocycles. The number of hydrogen-bond donors (Lipinski definition) is 2. The summed E-state index contributed by atoms with van der Waals surface area (Å²) >= 11 is 0. The minimum atomic E-state index is -0.771. The number of nitrogens with zero attached hydrogens (tertiary/aromatic N) is 3. The highest BCUT2D eigenvalue weighted by Gasteiger charge is 2.25. The molecule has 0 aliphatic carbocycles. The van der Waals surface area contributed by atoms with Crippen molar-refractivity contribution in [2.45, 2.75) is 19.8 Å². The molecule has 0 saturated carbocycles. The van der Waals surface area contributed by atoms with E-state index in [4.69, 9.17) is 5.11 Å². The van der Waals surface area contributed by atoms with Gasteiger partial charge in [0, 0.05) is 25.2 Å². The number of aryl methyl sites for hydroxylation is 1. The summed E-state index contributed by atoms with van der Waals surface area (Å²) in [5.74, 6) is -0.903. The standard InChI is InChI=1S/C17H18F2N4O2/c1-10-20-15(22-14-3-2-12(18)8-13(14)19)9-16(21-10)23-6-4-11(5-7-23)17(24)25/h2-3,8-9,11H,4-7H2,1H3,(H,24,25)(H,20,21,22). The molecule has 2 aromatic rings. The third-order valence-electron chi connectivity index (χ3n) is 4.19. The molecule has 0 unspecified atom stereocenters. The highest BCUT2D eigenvalue weighted by atomic mass is 19.1. The van der Waals surface area contributed by atoms with Crippen molar-refractivity contribution in [1.29, 1.82) is 0 Å². The van der Waals surface area contributed by atoms with E-state index >= 15 is 0 Å². The highest BCUT2D eigenvalue weighted by Crippen LogP contribution is 2.26. The summed E-state index contributed by atoms with van der Waals surface area (Å²) < 4.78 is 26.8. The molecular formula is C17H18F2N4O2. The smallest absolute Gasteiger partial charge is 0.306 e. The summed E-state index contributed by atoms with van der Waals surface area (Å²) in [4.78, 5) is 21.6. The number of benzene rings is 1. The van der Waals surface area contributed by atoms with Crippen molar-refractivity contribution in [3.8, 4) is 0 Å². The van der Waals surface area contributed by atoms with Gasteiger partial charge >= 0.3 is 5.97 Å². The average molecular weight is 348 g/mol. The van der Waals surface area contributed by atoms with Gasteiger partial charge in [0.25, 0.3) is 0 Å². The van der Waals surface area contributed by atoms with Gasteiger partial charge in [0.15, 0.2) is 0 Å². The van der Waals surface area contributed by atoms with Gasteiger partial charge in [-0.2, -0.15) is 0 Å². The molecule has 0 amide bonds. The lowest BCUT2D eigenvalue weighted by Crippen LogP contribution is -2.36. The van der Waals surface area contributed by atoms with Crippen LogP contribution in [0.25, 0.3) is 0 Å². The Kier molecular flexibility index (Phi) is 4.78. The number of nitrogens with one attached hydrogen (secondary N) is 1. The second-order valence-electron chi connectivity index (χ2n) is 6.01. The second-order valence-corrected chi connectivity index (χ2v) is 6.01. The fourth-order valence-corrected chi connectivity index (χ4v) is 2.86. The van der Waals surface area contributed by atoms with E-state index in [-0.39, 0.29) is 11.6 Å². The summed E-state index contributed by atoms with van der Waals surface area (Å²) in [6.07, 6.45) is 1.10. The van der Waals surface area contributed by atoms with E-state index in [1.807, 2.05) is 4.90 Å². The number of piperidine rings is 1. The lowest BCUT2D eigenvalue weighted by molar-refractivity contribution is -0.142. The Labute approximate surface area is 143 Å². The van der Waals surface area contributed by atoms with Crippen LogP contribution < -0.4 is 10.2 Å². The fourth-order valence-electron chi connectivity index (χ4n) is 2.86. The van der Waals surface area contributed by atoms with Crippen molar-refractivity contribution >= 4 is 23.3 Å². The number of rotatable bonds is 4. The maximum absolute atomic E-state index is 13.8. The lowest BCUT2D eigenvalue weighted by Gasteiger charge is -2.31. The maximum atomic E-state index is 13.8. The number of halogens is 2. The van der Waals surface area contributed by atoms with E-state index in [1.165, 1.54) is 6.07 Å². The van der Waals surface area contributed by atoms with Crippen LogP contribution in [0.2, 0.25) is 0 Å². The molecule has 8 heteroatoms. The number of aliphatic carboxylic acids is 1. The topological polar surface area (TPSA) is 78.4 Å². The first-order chi connectivity index (χ1) is 11.9. The van der Waals surface area contributed by atoms with Crippen molar-refractivity contribution in [1.82, 2.24) is 9.97 Å². The molecule has 1 fully saturated rings. The number of anilines is 3. The van der Waals surface area contributed by atoms with Gasteiger partial charge in [0.05, 0.1) is 11.6 Å². The molecule has 2 N–H and O–H groups in total. The molecule has 0 radical (unpaired) electrons. The van der Waals surface area contributed by atoms with E-state index in [9.17, 15) is 13.6 Å². The summed E-state index contributed by atoms with van der Waals surface area (Å²) in [6, 6.07) is 4.95. The van der Waals surface area contributed by atoms with Gasteiger partial charge in [-0.05, 0) is 31.9 Å². The van der Waals surface area contributed by atoms with Gasteiger partial charge < -0.3 is 15.3 Å². The zero-order valence-electron chi connectivity index (χ0n) is 13.7. The van der Waals surface area contributed by atoms with Gasteiger partial charge in [0.2, 0.25) is 0 Å². The molecule has 3 rings (SSSR count). The molecule has 132 valence electrons. The number of hydrogen-bond acceptors (Lipinski definition) is 5. The molecule has 1 aliphatic rings. The molecule has 6 nitrogen and oxygen atoms in total. The monoisotopic (exact) mass is 348 g/mol. The molecule has 25 heavy (non-hydrogen) atoms. The Bertz CT molecular complexity index is 792. The molecule has 1 aromatic heterocycles. The largest absolute Gasteiger partial charge is 0.481 e. The van der Waals surface area contributed by atoms with Gasteiger partial charge in [0.1, 0.15) is 29.1 Å². The molecule has 2 heterocycles. The maximum Gasteiger partial charge on any atom is 0.306 e. The number of carbonyl (C=O) groups is 1. The predicted octanol–water partition coefficient (Wildman–Crippen LogP) is 3.11. The van der Waals surface area contributed by atoms with Crippen molar-refractivity contribution in [2.24, 2.45) is 5.92 Å². The predicted molar refractivity (Wildman–Crippen MR) is 89.0 cm³/mol. The minimum Gasteiger partial charge on any atom is -0.481 e. The van der Waals surface area contributed by atoms with Crippen LogP contribution in [0.15, 0.2) is 24.3 Å². The summed E-state index contributed by atoms with van der Waals surface area (Å²) in [5, 5.41) is 11.9. The minimum absolute atomic E-state index is 0.120. The van der Waals surface area contributed by atoms with E-state index in [0.29, 0.717) is 43.4 Å². The number of aromatic nitrogens is 2. The molecular weight excluding hydrogens is 330 g/mol. The Morgan fingerprint density at radius 3 is 2.60 bits per heavy atom. The van der Waals surface area contributed by atoms with Gasteiger partial charge in [-0.25, -0.2) is 18.7 Å². The third-order valence-corrected chi connectivity index (χ3v) is 4.19. The normalized spacial score (nSPS) is 15.2. The first-order valence-electron chi connectivity index (χ1n) is 7.98. The van der Waals surface area contributed by atoms with Gasteiger partial charge in [-0.1, -0.05) is 0 Å². The Balaban J connectivity index is 1.78. The number of carboxylic acids is 1. The third kappa shape index (κ3) is 4.01. The molecule has 1 aromatic carbocycles. The average Bonchev–Trinajstić information content (AvgIpc) is 2.57. The second kappa shape index (κ2) is 7.00. The van der Waals surface area contributed by atoms with Crippen LogP contribution in [0.1, 0.15) is 18.7 Å². The zero-order chi connectivity index (χ0) is 18.0. The quantitative estimate of drug-likeness (QED) is 0.884.